The van der Waals surface area contributed by atoms with Gasteiger partial charge in [0.05, 0.1) is 6.20 Å². The molecule has 2 aromatic rings. The van der Waals surface area contributed by atoms with Crippen LogP contribution in [0.5, 0.6) is 0 Å². The molecule has 0 amide bonds. The largest absolute Gasteiger partial charge is 0.381 e. The fourth-order valence-corrected chi connectivity index (χ4v) is 1.90. The van der Waals surface area contributed by atoms with E-state index in [1.807, 2.05) is 24.3 Å². The highest BCUT2D eigenvalue weighted by atomic mass is 127. The first-order valence-corrected chi connectivity index (χ1v) is 5.91. The predicted molar refractivity (Wildman–Crippen MR) is 70.7 cm³/mol. The molecule has 1 aromatic carbocycles. The highest BCUT2D eigenvalue weighted by Crippen LogP contribution is 2.13. The molecule has 1 heterocycles. The third-order valence-electron chi connectivity index (χ3n) is 2.08. The summed E-state index contributed by atoms with van der Waals surface area (Å²) in [5.74, 6) is -0.304. The van der Waals surface area contributed by atoms with E-state index in [1.165, 1.54) is 15.8 Å². The molecule has 0 saturated heterocycles. The SMILES string of the molecule is Fc1cncc(CNc2cccc(I)c2)c1. The molecule has 0 bridgehead atoms. The molecule has 0 aliphatic heterocycles. The summed E-state index contributed by atoms with van der Waals surface area (Å²) in [7, 11) is 0. The van der Waals surface area contributed by atoms with Gasteiger partial charge in [0.15, 0.2) is 0 Å². The van der Waals surface area contributed by atoms with Crippen LogP contribution in [0.2, 0.25) is 0 Å². The summed E-state index contributed by atoms with van der Waals surface area (Å²) in [6, 6.07) is 9.50. The van der Waals surface area contributed by atoms with E-state index in [4.69, 9.17) is 0 Å². The maximum absolute atomic E-state index is 12.9. The second-order valence-electron chi connectivity index (χ2n) is 3.38. The number of hydrogen-bond acceptors (Lipinski definition) is 2. The zero-order valence-corrected chi connectivity index (χ0v) is 10.6. The Kier molecular flexibility index (Phi) is 3.71. The summed E-state index contributed by atoms with van der Waals surface area (Å²) in [5, 5.41) is 3.22. The Labute approximate surface area is 107 Å². The molecule has 0 fully saturated rings. The van der Waals surface area contributed by atoms with Crippen LogP contribution in [-0.4, -0.2) is 4.98 Å². The topological polar surface area (TPSA) is 24.9 Å². The van der Waals surface area contributed by atoms with Crippen molar-refractivity contribution in [2.75, 3.05) is 5.32 Å². The summed E-state index contributed by atoms with van der Waals surface area (Å²) in [5.41, 5.74) is 1.86. The minimum Gasteiger partial charge on any atom is -0.381 e. The van der Waals surface area contributed by atoms with Crippen LogP contribution in [0.1, 0.15) is 5.56 Å². The average molecular weight is 328 g/mol. The molecule has 0 aliphatic rings. The first-order chi connectivity index (χ1) is 7.74. The lowest BCUT2D eigenvalue weighted by Gasteiger charge is -2.06. The molecule has 16 heavy (non-hydrogen) atoms. The molecule has 0 aliphatic carbocycles. The smallest absolute Gasteiger partial charge is 0.141 e. The van der Waals surface area contributed by atoms with Crippen molar-refractivity contribution >= 4 is 28.3 Å². The predicted octanol–water partition coefficient (Wildman–Crippen LogP) is 3.44. The van der Waals surface area contributed by atoms with Crippen LogP contribution in [0.3, 0.4) is 0 Å². The van der Waals surface area contributed by atoms with Crippen LogP contribution >= 0.6 is 22.6 Å². The molecule has 0 unspecified atom stereocenters. The zero-order valence-electron chi connectivity index (χ0n) is 8.45. The molecular formula is C12H10FIN2. The summed E-state index contributed by atoms with van der Waals surface area (Å²) < 4.78 is 14.0. The van der Waals surface area contributed by atoms with E-state index in [9.17, 15) is 4.39 Å². The summed E-state index contributed by atoms with van der Waals surface area (Å²) in [6.07, 6.45) is 2.86. The van der Waals surface area contributed by atoms with Gasteiger partial charge in [-0.05, 0) is 52.4 Å². The van der Waals surface area contributed by atoms with E-state index in [2.05, 4.69) is 32.9 Å². The van der Waals surface area contributed by atoms with Gasteiger partial charge in [-0.25, -0.2) is 4.39 Å². The second-order valence-corrected chi connectivity index (χ2v) is 4.62. The fourth-order valence-electron chi connectivity index (χ4n) is 1.36. The van der Waals surface area contributed by atoms with Crippen molar-refractivity contribution in [1.82, 2.24) is 4.98 Å². The van der Waals surface area contributed by atoms with Crippen molar-refractivity contribution in [3.63, 3.8) is 0 Å². The van der Waals surface area contributed by atoms with Gasteiger partial charge in [0.1, 0.15) is 5.82 Å². The van der Waals surface area contributed by atoms with Crippen molar-refractivity contribution in [1.29, 1.82) is 0 Å². The molecule has 0 radical (unpaired) electrons. The number of benzene rings is 1. The fraction of sp³-hybridized carbons (Fsp3) is 0.0833. The third kappa shape index (κ3) is 3.16. The van der Waals surface area contributed by atoms with Crippen LogP contribution in [0.25, 0.3) is 0 Å². The summed E-state index contributed by atoms with van der Waals surface area (Å²) >= 11 is 2.25. The Hall–Kier alpha value is -1.17. The van der Waals surface area contributed by atoms with E-state index in [0.717, 1.165) is 11.3 Å². The Morgan fingerprint density at radius 2 is 2.12 bits per heavy atom. The highest BCUT2D eigenvalue weighted by molar-refractivity contribution is 14.1. The molecule has 2 rings (SSSR count). The normalized spacial score (nSPS) is 10.1. The summed E-state index contributed by atoms with van der Waals surface area (Å²) in [4.78, 5) is 3.80. The van der Waals surface area contributed by atoms with Gasteiger partial charge in [0.2, 0.25) is 0 Å². The van der Waals surface area contributed by atoms with E-state index in [-0.39, 0.29) is 5.82 Å². The minimum atomic E-state index is -0.304. The molecule has 4 heteroatoms. The van der Waals surface area contributed by atoms with Gasteiger partial charge < -0.3 is 5.32 Å². The standard InChI is InChI=1S/C12H10FIN2/c13-10-4-9(6-15-8-10)7-16-12-3-1-2-11(14)5-12/h1-6,8,16H,7H2. The Balaban J connectivity index is 2.02. The first kappa shape index (κ1) is 11.3. The lowest BCUT2D eigenvalue weighted by Crippen LogP contribution is -2.00. The number of rotatable bonds is 3. The van der Waals surface area contributed by atoms with Crippen molar-refractivity contribution in [2.24, 2.45) is 0 Å². The van der Waals surface area contributed by atoms with Gasteiger partial charge in [0, 0.05) is 22.0 Å². The molecule has 1 aromatic heterocycles. The first-order valence-electron chi connectivity index (χ1n) is 4.83. The monoisotopic (exact) mass is 328 g/mol. The van der Waals surface area contributed by atoms with Gasteiger partial charge in [-0.1, -0.05) is 6.07 Å². The second kappa shape index (κ2) is 5.25. The van der Waals surface area contributed by atoms with E-state index < -0.39 is 0 Å². The molecule has 1 N–H and O–H groups in total. The zero-order chi connectivity index (χ0) is 11.4. The number of nitrogens with zero attached hydrogens (tertiary/aromatic N) is 1. The minimum absolute atomic E-state index is 0.304. The summed E-state index contributed by atoms with van der Waals surface area (Å²) in [6.45, 7) is 0.574. The molecule has 0 saturated carbocycles. The molecule has 0 atom stereocenters. The van der Waals surface area contributed by atoms with Gasteiger partial charge in [-0.15, -0.1) is 0 Å². The molecular weight excluding hydrogens is 318 g/mol. The third-order valence-corrected chi connectivity index (χ3v) is 2.75. The molecule has 82 valence electrons. The maximum Gasteiger partial charge on any atom is 0.141 e. The molecule has 0 spiro atoms. The molecule has 2 nitrogen and oxygen atoms in total. The number of halogens is 2. The number of pyridine rings is 1. The number of nitrogens with one attached hydrogen (secondary N) is 1. The van der Waals surface area contributed by atoms with Crippen LogP contribution in [0, 0.1) is 9.39 Å². The van der Waals surface area contributed by atoms with Gasteiger partial charge in [-0.2, -0.15) is 0 Å². The van der Waals surface area contributed by atoms with E-state index in [1.54, 1.807) is 6.20 Å². The number of hydrogen-bond donors (Lipinski definition) is 1. The van der Waals surface area contributed by atoms with Crippen molar-refractivity contribution in [3.8, 4) is 0 Å². The Morgan fingerprint density at radius 3 is 2.88 bits per heavy atom. The van der Waals surface area contributed by atoms with Crippen molar-refractivity contribution in [2.45, 2.75) is 6.54 Å². The Bertz CT molecular complexity index is 442. The van der Waals surface area contributed by atoms with Crippen LogP contribution in [-0.2, 0) is 6.54 Å². The lowest BCUT2D eigenvalue weighted by molar-refractivity contribution is 0.619. The van der Waals surface area contributed by atoms with E-state index >= 15 is 0 Å². The maximum atomic E-state index is 12.9. The van der Waals surface area contributed by atoms with Crippen molar-refractivity contribution < 1.29 is 4.39 Å². The van der Waals surface area contributed by atoms with Crippen LogP contribution in [0.15, 0.2) is 42.7 Å². The van der Waals surface area contributed by atoms with Gasteiger partial charge in [-0.3, -0.25) is 4.98 Å². The van der Waals surface area contributed by atoms with Gasteiger partial charge >= 0.3 is 0 Å². The van der Waals surface area contributed by atoms with Crippen LogP contribution in [0.4, 0.5) is 10.1 Å². The Morgan fingerprint density at radius 1 is 1.25 bits per heavy atom. The van der Waals surface area contributed by atoms with Gasteiger partial charge in [0.25, 0.3) is 0 Å². The number of anilines is 1. The van der Waals surface area contributed by atoms with Crippen LogP contribution < -0.4 is 5.32 Å². The number of aromatic nitrogens is 1. The van der Waals surface area contributed by atoms with Crippen molar-refractivity contribution in [3.05, 3.63) is 57.7 Å². The lowest BCUT2D eigenvalue weighted by atomic mass is 10.2. The van der Waals surface area contributed by atoms with E-state index in [0.29, 0.717) is 6.54 Å². The average Bonchev–Trinajstić information content (AvgIpc) is 2.27. The highest BCUT2D eigenvalue weighted by Gasteiger charge is 1.97. The quantitative estimate of drug-likeness (QED) is 0.873.